The normalized spacial score (nSPS) is 22.0. The maximum Gasteiger partial charge on any atom is 0.410 e. The van der Waals surface area contributed by atoms with E-state index < -0.39 is 5.60 Å². The third-order valence-electron chi connectivity index (χ3n) is 5.23. The number of carbonyl (C=O) groups is 2. The van der Waals surface area contributed by atoms with Gasteiger partial charge in [0.2, 0.25) is 0 Å². The lowest BCUT2D eigenvalue weighted by Crippen LogP contribution is -2.56. The first-order valence-electron chi connectivity index (χ1n) is 8.96. The van der Waals surface area contributed by atoms with Crippen LogP contribution in [0.5, 0.6) is 0 Å². The zero-order valence-electron chi connectivity index (χ0n) is 15.5. The van der Waals surface area contributed by atoms with Crippen LogP contribution < -0.4 is 5.73 Å². The number of rotatable bonds is 4. The Morgan fingerprint density at radius 3 is 2.21 bits per heavy atom. The van der Waals surface area contributed by atoms with Gasteiger partial charge in [0.25, 0.3) is 0 Å². The summed E-state index contributed by atoms with van der Waals surface area (Å²) in [6, 6.07) is 0. The van der Waals surface area contributed by atoms with Crippen LogP contribution in [0, 0.1) is 10.8 Å². The third kappa shape index (κ3) is 4.41. The Kier molecular flexibility index (Phi) is 5.47. The van der Waals surface area contributed by atoms with Crippen molar-refractivity contribution in [3.63, 3.8) is 0 Å². The van der Waals surface area contributed by atoms with Crippen molar-refractivity contribution in [1.29, 1.82) is 0 Å². The van der Waals surface area contributed by atoms with Crippen molar-refractivity contribution in [1.82, 2.24) is 4.90 Å². The van der Waals surface area contributed by atoms with Crippen molar-refractivity contribution in [2.45, 2.75) is 65.4 Å². The van der Waals surface area contributed by atoms with E-state index in [1.165, 1.54) is 0 Å². The summed E-state index contributed by atoms with van der Waals surface area (Å²) in [5.41, 5.74) is 5.61. The first-order chi connectivity index (χ1) is 11.1. The Balaban J connectivity index is 1.85. The molecule has 0 atom stereocenters. The molecule has 1 heterocycles. The number of nitrogens with two attached hydrogens (primary N) is 1. The summed E-state index contributed by atoms with van der Waals surface area (Å²) >= 11 is 0. The van der Waals surface area contributed by atoms with Crippen molar-refractivity contribution >= 4 is 12.1 Å². The van der Waals surface area contributed by atoms with Crippen LogP contribution in [-0.4, -0.2) is 48.8 Å². The summed E-state index contributed by atoms with van der Waals surface area (Å²) in [6.45, 7) is 9.83. The molecule has 2 fully saturated rings. The first-order valence-corrected chi connectivity index (χ1v) is 8.96. The van der Waals surface area contributed by atoms with E-state index in [0.717, 1.165) is 38.8 Å². The second kappa shape index (κ2) is 6.90. The average molecular weight is 340 g/mol. The molecule has 2 N–H and O–H groups in total. The van der Waals surface area contributed by atoms with E-state index in [-0.39, 0.29) is 22.9 Å². The van der Waals surface area contributed by atoms with Gasteiger partial charge >= 0.3 is 12.1 Å². The van der Waals surface area contributed by atoms with Gasteiger partial charge < -0.3 is 20.1 Å². The van der Waals surface area contributed by atoms with E-state index in [4.69, 9.17) is 15.2 Å². The zero-order chi connectivity index (χ0) is 18.0. The average Bonchev–Trinajstić information content (AvgIpc) is 2.44. The summed E-state index contributed by atoms with van der Waals surface area (Å²) in [4.78, 5) is 25.8. The number of hydrogen-bond acceptors (Lipinski definition) is 5. The molecule has 0 radical (unpaired) electrons. The van der Waals surface area contributed by atoms with E-state index >= 15 is 0 Å². The summed E-state index contributed by atoms with van der Waals surface area (Å²) in [6.07, 6.45) is 4.01. The largest absolute Gasteiger partial charge is 0.466 e. The SMILES string of the molecule is CCOC(=O)CC1(CN)CC2(CCN(C(=O)OC(C)(C)C)CC2)C1. The lowest BCUT2D eigenvalue weighted by Gasteiger charge is -2.58. The fraction of sp³-hybridized carbons (Fsp3) is 0.889. The van der Waals surface area contributed by atoms with Crippen LogP contribution in [0.1, 0.15) is 59.8 Å². The summed E-state index contributed by atoms with van der Waals surface area (Å²) < 4.78 is 10.5. The fourth-order valence-corrected chi connectivity index (χ4v) is 4.24. The Hall–Kier alpha value is -1.30. The van der Waals surface area contributed by atoms with Gasteiger partial charge in [-0.25, -0.2) is 4.79 Å². The highest BCUT2D eigenvalue weighted by Crippen LogP contribution is 2.60. The fourth-order valence-electron chi connectivity index (χ4n) is 4.24. The van der Waals surface area contributed by atoms with Crippen molar-refractivity contribution < 1.29 is 19.1 Å². The molecule has 24 heavy (non-hydrogen) atoms. The molecule has 1 saturated heterocycles. The molecule has 0 unspecified atom stereocenters. The molecule has 2 aliphatic rings. The minimum Gasteiger partial charge on any atom is -0.466 e. The van der Waals surface area contributed by atoms with Gasteiger partial charge in [-0.3, -0.25) is 4.79 Å². The molecule has 0 aromatic heterocycles. The van der Waals surface area contributed by atoms with Gasteiger partial charge in [0.1, 0.15) is 5.60 Å². The molecule has 1 aliphatic heterocycles. The molecule has 1 amide bonds. The molecule has 6 heteroatoms. The van der Waals surface area contributed by atoms with Gasteiger partial charge in [0.05, 0.1) is 13.0 Å². The maximum atomic E-state index is 12.2. The monoisotopic (exact) mass is 340 g/mol. The minimum atomic E-state index is -0.461. The van der Waals surface area contributed by atoms with Crippen molar-refractivity contribution in [3.05, 3.63) is 0 Å². The van der Waals surface area contributed by atoms with Gasteiger partial charge in [-0.15, -0.1) is 0 Å². The number of amides is 1. The molecule has 1 saturated carbocycles. The lowest BCUT2D eigenvalue weighted by atomic mass is 9.48. The molecule has 0 aromatic rings. The molecule has 1 aliphatic carbocycles. The predicted molar refractivity (Wildman–Crippen MR) is 91.4 cm³/mol. The Labute approximate surface area is 145 Å². The highest BCUT2D eigenvalue weighted by atomic mass is 16.6. The number of likely N-dealkylation sites (tertiary alicyclic amines) is 1. The van der Waals surface area contributed by atoms with Crippen molar-refractivity contribution in [3.8, 4) is 0 Å². The van der Waals surface area contributed by atoms with Crippen molar-refractivity contribution in [2.75, 3.05) is 26.2 Å². The van der Waals surface area contributed by atoms with E-state index in [1.54, 1.807) is 4.90 Å². The summed E-state index contributed by atoms with van der Waals surface area (Å²) in [5, 5.41) is 0. The van der Waals surface area contributed by atoms with Gasteiger partial charge in [-0.05, 0) is 70.8 Å². The molecule has 138 valence electrons. The number of esters is 1. The second-order valence-corrected chi connectivity index (χ2v) is 8.51. The van der Waals surface area contributed by atoms with Gasteiger partial charge in [0, 0.05) is 13.1 Å². The molecule has 0 bridgehead atoms. The Morgan fingerprint density at radius 1 is 1.17 bits per heavy atom. The molecule has 1 spiro atoms. The third-order valence-corrected chi connectivity index (χ3v) is 5.23. The summed E-state index contributed by atoms with van der Waals surface area (Å²) in [5.74, 6) is -0.149. The van der Waals surface area contributed by atoms with Crippen LogP contribution in [0.3, 0.4) is 0 Å². The van der Waals surface area contributed by atoms with Crippen LogP contribution in [0.2, 0.25) is 0 Å². The zero-order valence-corrected chi connectivity index (χ0v) is 15.5. The van der Waals surface area contributed by atoms with Crippen LogP contribution in [-0.2, 0) is 14.3 Å². The second-order valence-electron chi connectivity index (χ2n) is 8.51. The quantitative estimate of drug-likeness (QED) is 0.796. The van der Waals surface area contributed by atoms with Gasteiger partial charge in [0.15, 0.2) is 0 Å². The Bertz CT molecular complexity index is 468. The van der Waals surface area contributed by atoms with Gasteiger partial charge in [-0.1, -0.05) is 0 Å². The topological polar surface area (TPSA) is 81.9 Å². The molecular weight excluding hydrogens is 308 g/mol. The lowest BCUT2D eigenvalue weighted by molar-refractivity contribution is -0.153. The van der Waals surface area contributed by atoms with E-state index in [1.807, 2.05) is 27.7 Å². The summed E-state index contributed by atoms with van der Waals surface area (Å²) in [7, 11) is 0. The molecular formula is C18H32N2O4. The van der Waals surface area contributed by atoms with Crippen LogP contribution in [0.25, 0.3) is 0 Å². The van der Waals surface area contributed by atoms with Crippen LogP contribution >= 0.6 is 0 Å². The number of piperidine rings is 1. The molecule has 2 rings (SSSR count). The number of hydrogen-bond donors (Lipinski definition) is 1. The predicted octanol–water partition coefficient (Wildman–Crippen LogP) is 2.70. The maximum absolute atomic E-state index is 12.2. The molecule has 0 aromatic carbocycles. The first kappa shape index (κ1) is 19.0. The van der Waals surface area contributed by atoms with Crippen LogP contribution in [0.4, 0.5) is 4.79 Å². The molecule has 6 nitrogen and oxygen atoms in total. The Morgan fingerprint density at radius 2 is 1.75 bits per heavy atom. The number of ether oxygens (including phenoxy) is 2. The van der Waals surface area contributed by atoms with Crippen LogP contribution in [0.15, 0.2) is 0 Å². The smallest absolute Gasteiger partial charge is 0.410 e. The highest BCUT2D eigenvalue weighted by molar-refractivity contribution is 5.70. The standard InChI is InChI=1S/C18H32N2O4/c1-5-23-14(21)10-18(13-19)11-17(12-18)6-8-20(9-7-17)15(22)24-16(2,3)4/h5-13,19H2,1-4H3. The van der Waals surface area contributed by atoms with E-state index in [0.29, 0.717) is 19.6 Å². The van der Waals surface area contributed by atoms with E-state index in [9.17, 15) is 9.59 Å². The van der Waals surface area contributed by atoms with Gasteiger partial charge in [-0.2, -0.15) is 0 Å². The number of nitrogens with zero attached hydrogens (tertiary/aromatic N) is 1. The van der Waals surface area contributed by atoms with E-state index in [2.05, 4.69) is 0 Å². The minimum absolute atomic E-state index is 0.111. The number of carbonyl (C=O) groups excluding carboxylic acids is 2. The van der Waals surface area contributed by atoms with Crippen molar-refractivity contribution in [2.24, 2.45) is 16.6 Å². The highest BCUT2D eigenvalue weighted by Gasteiger charge is 2.55.